The van der Waals surface area contributed by atoms with Crippen LogP contribution >= 0.6 is 0 Å². The minimum absolute atomic E-state index is 0.0844. The predicted octanol–water partition coefficient (Wildman–Crippen LogP) is 4.90. The maximum Gasteiger partial charge on any atom is 0.409 e. The minimum atomic E-state index is -0.868. The number of carbonyl (C=O) groups is 3. The number of nitrogens with two attached hydrogens (primary N) is 1. The number of rotatable bonds is 9. The number of aryl methyl sites for hydroxylation is 1. The normalized spacial score (nSPS) is 10.4. The monoisotopic (exact) mass is 430 g/mol. The Morgan fingerprint density at radius 3 is 2.25 bits per heavy atom. The van der Waals surface area contributed by atoms with Gasteiger partial charge < -0.3 is 15.8 Å². The van der Waals surface area contributed by atoms with Gasteiger partial charge in [0.1, 0.15) is 11.5 Å². The molecule has 3 N–H and O–H groups in total. The van der Waals surface area contributed by atoms with Crippen molar-refractivity contribution in [3.05, 3.63) is 83.9 Å². The first-order chi connectivity index (χ1) is 15.4. The summed E-state index contributed by atoms with van der Waals surface area (Å²) in [6.07, 6.45) is 1.15. The van der Waals surface area contributed by atoms with E-state index in [4.69, 9.17) is 10.5 Å². The van der Waals surface area contributed by atoms with E-state index < -0.39 is 6.09 Å². The van der Waals surface area contributed by atoms with Crippen LogP contribution in [0.1, 0.15) is 30.9 Å². The third-order valence-corrected chi connectivity index (χ3v) is 4.90. The number of anilines is 1. The number of hydrogen-bond acceptors (Lipinski definition) is 4. The van der Waals surface area contributed by atoms with E-state index in [-0.39, 0.29) is 11.7 Å². The fraction of sp³-hybridized carbons (Fsp3) is 0.192. The van der Waals surface area contributed by atoms with Crippen LogP contribution in [0.15, 0.2) is 72.8 Å². The molecule has 32 heavy (non-hydrogen) atoms. The molecule has 0 saturated carbocycles. The Labute approximate surface area is 187 Å². The molecule has 0 spiro atoms. The van der Waals surface area contributed by atoms with E-state index in [9.17, 15) is 14.4 Å². The molecule has 0 bridgehead atoms. The Balaban J connectivity index is 1.57. The highest BCUT2D eigenvalue weighted by atomic mass is 16.5. The molecule has 2 amide bonds. The molecule has 6 nitrogen and oxygen atoms in total. The lowest BCUT2D eigenvalue weighted by Crippen LogP contribution is -2.16. The van der Waals surface area contributed by atoms with Crippen molar-refractivity contribution in [3.8, 4) is 16.9 Å². The van der Waals surface area contributed by atoms with E-state index in [0.717, 1.165) is 22.3 Å². The molecule has 0 aliphatic carbocycles. The third-order valence-electron chi connectivity index (χ3n) is 4.90. The van der Waals surface area contributed by atoms with Crippen LogP contribution in [0, 0.1) is 0 Å². The van der Waals surface area contributed by atoms with Gasteiger partial charge in [0.05, 0.1) is 0 Å². The second-order valence-corrected chi connectivity index (χ2v) is 7.60. The van der Waals surface area contributed by atoms with Gasteiger partial charge in [0.2, 0.25) is 5.91 Å². The maximum absolute atomic E-state index is 12.3. The Bertz CT molecular complexity index is 1090. The molecule has 0 heterocycles. The minimum Gasteiger partial charge on any atom is -0.410 e. The highest BCUT2D eigenvalue weighted by Crippen LogP contribution is 2.31. The van der Waals surface area contributed by atoms with Gasteiger partial charge in [0.15, 0.2) is 0 Å². The number of ketones is 1. The third kappa shape index (κ3) is 6.80. The second kappa shape index (κ2) is 10.9. The number of carbonyl (C=O) groups excluding carboxylic acids is 3. The van der Waals surface area contributed by atoms with Gasteiger partial charge in [0, 0.05) is 24.1 Å². The zero-order chi connectivity index (χ0) is 22.9. The average Bonchev–Trinajstić information content (AvgIpc) is 2.75. The quantitative estimate of drug-likeness (QED) is 0.504. The van der Waals surface area contributed by atoms with Crippen LogP contribution in [0.25, 0.3) is 11.1 Å². The lowest BCUT2D eigenvalue weighted by molar-refractivity contribution is -0.117. The van der Waals surface area contributed by atoms with E-state index in [1.165, 1.54) is 0 Å². The highest BCUT2D eigenvalue weighted by Gasteiger charge is 2.11. The number of Topliss-reactive ketones (excluding diaryl/α,β-unsaturated/α-hetero) is 1. The SMILES string of the molecule is CC(=O)Cc1ccc(NC(=O)CCCc2ccc(-c3ccccc3)c(OC(N)=O)c2)cc1. The molecular weight excluding hydrogens is 404 g/mol. The summed E-state index contributed by atoms with van der Waals surface area (Å²) >= 11 is 0. The summed E-state index contributed by atoms with van der Waals surface area (Å²) in [5.41, 5.74) is 9.50. The molecule has 0 radical (unpaired) electrons. The molecule has 0 saturated heterocycles. The van der Waals surface area contributed by atoms with Gasteiger partial charge in [-0.2, -0.15) is 0 Å². The van der Waals surface area contributed by atoms with Gasteiger partial charge >= 0.3 is 6.09 Å². The number of amides is 2. The Kier molecular flexibility index (Phi) is 7.75. The van der Waals surface area contributed by atoms with Crippen LogP contribution < -0.4 is 15.8 Å². The first kappa shape index (κ1) is 22.7. The summed E-state index contributed by atoms with van der Waals surface area (Å²) in [4.78, 5) is 34.8. The molecule has 0 aliphatic heterocycles. The molecule has 3 aromatic carbocycles. The predicted molar refractivity (Wildman–Crippen MR) is 124 cm³/mol. The van der Waals surface area contributed by atoms with Gasteiger partial charge in [-0.25, -0.2) is 4.79 Å². The van der Waals surface area contributed by atoms with Crippen LogP contribution in [-0.4, -0.2) is 17.8 Å². The topological polar surface area (TPSA) is 98.5 Å². The standard InChI is InChI=1S/C26H26N2O4/c1-18(29)16-20-10-13-22(14-11-20)28-25(30)9-5-6-19-12-15-23(21-7-3-2-4-8-21)24(17-19)32-26(27)31/h2-4,7-8,10-15,17H,5-6,9,16H2,1H3,(H2,27,31)(H,28,30). The zero-order valence-electron chi connectivity index (χ0n) is 18.0. The van der Waals surface area contributed by atoms with Crippen molar-refractivity contribution in [2.24, 2.45) is 5.73 Å². The number of ether oxygens (including phenoxy) is 1. The summed E-state index contributed by atoms with van der Waals surface area (Å²) in [6, 6.07) is 22.5. The number of benzene rings is 3. The number of nitrogens with one attached hydrogen (secondary N) is 1. The molecule has 0 unspecified atom stereocenters. The first-order valence-electron chi connectivity index (χ1n) is 10.4. The summed E-state index contributed by atoms with van der Waals surface area (Å²) < 4.78 is 5.22. The van der Waals surface area contributed by atoms with Crippen molar-refractivity contribution in [1.82, 2.24) is 0 Å². The Hall–Kier alpha value is -3.93. The second-order valence-electron chi connectivity index (χ2n) is 7.60. The number of hydrogen-bond donors (Lipinski definition) is 2. The molecule has 6 heteroatoms. The average molecular weight is 431 g/mol. The fourth-order valence-corrected chi connectivity index (χ4v) is 3.44. The van der Waals surface area contributed by atoms with Gasteiger partial charge in [-0.3, -0.25) is 9.59 Å². The lowest BCUT2D eigenvalue weighted by atomic mass is 10.00. The molecule has 3 aromatic rings. The smallest absolute Gasteiger partial charge is 0.409 e. The summed E-state index contributed by atoms with van der Waals surface area (Å²) in [5, 5.41) is 2.87. The van der Waals surface area contributed by atoms with Gasteiger partial charge in [0.25, 0.3) is 0 Å². The lowest BCUT2D eigenvalue weighted by Gasteiger charge is -2.11. The summed E-state index contributed by atoms with van der Waals surface area (Å²) in [7, 11) is 0. The Morgan fingerprint density at radius 1 is 0.906 bits per heavy atom. The number of primary amides is 1. The largest absolute Gasteiger partial charge is 0.410 e. The van der Waals surface area contributed by atoms with Crippen LogP contribution in [0.4, 0.5) is 10.5 Å². The van der Waals surface area contributed by atoms with E-state index in [1.54, 1.807) is 25.1 Å². The van der Waals surface area contributed by atoms with E-state index in [0.29, 0.717) is 37.1 Å². The summed E-state index contributed by atoms with van der Waals surface area (Å²) in [5.74, 6) is 0.415. The van der Waals surface area contributed by atoms with Crippen molar-refractivity contribution in [2.75, 3.05) is 5.32 Å². The van der Waals surface area contributed by atoms with Gasteiger partial charge in [-0.15, -0.1) is 0 Å². The van der Waals surface area contributed by atoms with Crippen LogP contribution in [0.3, 0.4) is 0 Å². The van der Waals surface area contributed by atoms with Crippen molar-refractivity contribution in [1.29, 1.82) is 0 Å². The zero-order valence-corrected chi connectivity index (χ0v) is 18.0. The summed E-state index contributed by atoms with van der Waals surface area (Å²) in [6.45, 7) is 1.55. The van der Waals surface area contributed by atoms with Crippen molar-refractivity contribution < 1.29 is 19.1 Å². The van der Waals surface area contributed by atoms with E-state index in [2.05, 4.69) is 5.32 Å². The molecular formula is C26H26N2O4. The first-order valence-corrected chi connectivity index (χ1v) is 10.4. The van der Waals surface area contributed by atoms with Gasteiger partial charge in [-0.05, 0) is 54.7 Å². The Morgan fingerprint density at radius 2 is 1.59 bits per heavy atom. The molecule has 0 aromatic heterocycles. The van der Waals surface area contributed by atoms with Crippen LogP contribution in [-0.2, 0) is 22.4 Å². The van der Waals surface area contributed by atoms with E-state index >= 15 is 0 Å². The molecule has 0 atom stereocenters. The molecule has 164 valence electrons. The van der Waals surface area contributed by atoms with Crippen molar-refractivity contribution in [2.45, 2.75) is 32.6 Å². The van der Waals surface area contributed by atoms with Crippen molar-refractivity contribution >= 4 is 23.5 Å². The maximum atomic E-state index is 12.3. The van der Waals surface area contributed by atoms with E-state index in [1.807, 2.05) is 54.6 Å². The fourth-order valence-electron chi connectivity index (χ4n) is 3.44. The molecule has 0 fully saturated rings. The van der Waals surface area contributed by atoms with Crippen molar-refractivity contribution in [3.63, 3.8) is 0 Å². The highest BCUT2D eigenvalue weighted by molar-refractivity contribution is 5.90. The molecule has 3 rings (SSSR count). The van der Waals surface area contributed by atoms with Crippen LogP contribution in [0.2, 0.25) is 0 Å². The molecule has 0 aliphatic rings. The van der Waals surface area contributed by atoms with Gasteiger partial charge in [-0.1, -0.05) is 54.6 Å². The van der Waals surface area contributed by atoms with Crippen LogP contribution in [0.5, 0.6) is 5.75 Å².